The van der Waals surface area contributed by atoms with E-state index < -0.39 is 0 Å². The van der Waals surface area contributed by atoms with Crippen LogP contribution in [0.4, 0.5) is 0 Å². The van der Waals surface area contributed by atoms with Crippen LogP contribution in [0.2, 0.25) is 0 Å². The van der Waals surface area contributed by atoms with Gasteiger partial charge in [0.05, 0.1) is 12.7 Å². The van der Waals surface area contributed by atoms with Crippen LogP contribution in [0.1, 0.15) is 37.6 Å². The summed E-state index contributed by atoms with van der Waals surface area (Å²) in [6.45, 7) is 6.54. The van der Waals surface area contributed by atoms with E-state index in [-0.39, 0.29) is 29.9 Å². The first-order chi connectivity index (χ1) is 11.4. The molecule has 1 heterocycles. The molecule has 0 aliphatic heterocycles. The Kier molecular flexibility index (Phi) is 4.66. The predicted octanol–water partition coefficient (Wildman–Crippen LogP) is 2.42. The van der Waals surface area contributed by atoms with Crippen LogP contribution in [0.3, 0.4) is 0 Å². The lowest BCUT2D eigenvalue weighted by Gasteiger charge is -2.51. The van der Waals surface area contributed by atoms with E-state index in [1.165, 1.54) is 0 Å². The summed E-state index contributed by atoms with van der Waals surface area (Å²) in [5, 5.41) is 10.6. The number of aryl methyl sites for hydroxylation is 1. The minimum Gasteiger partial charge on any atom is -0.425 e. The first-order valence-corrected chi connectivity index (χ1v) is 8.19. The normalized spacial score (nSPS) is 22.0. The molecule has 1 aliphatic carbocycles. The first-order valence-electron chi connectivity index (χ1n) is 8.19. The Morgan fingerprint density at radius 2 is 2.08 bits per heavy atom. The lowest BCUT2D eigenvalue weighted by atomic mass is 9.64. The van der Waals surface area contributed by atoms with Crippen molar-refractivity contribution in [2.75, 3.05) is 0 Å². The fraction of sp³-hybridized carbons (Fsp3) is 0.500. The molecule has 128 valence electrons. The van der Waals surface area contributed by atoms with Crippen LogP contribution in [-0.4, -0.2) is 28.3 Å². The fourth-order valence-electron chi connectivity index (χ4n) is 2.98. The number of ether oxygens (including phenoxy) is 1. The highest BCUT2D eigenvalue weighted by Gasteiger charge is 2.49. The molecule has 2 atom stereocenters. The summed E-state index contributed by atoms with van der Waals surface area (Å²) in [7, 11) is 0. The van der Waals surface area contributed by atoms with E-state index >= 15 is 0 Å². The number of hydrogen-bond donors (Lipinski definition) is 1. The highest BCUT2D eigenvalue weighted by Crippen LogP contribution is 2.43. The molecule has 3 rings (SSSR count). The van der Waals surface area contributed by atoms with Crippen molar-refractivity contribution in [3.8, 4) is 0 Å². The Bertz CT molecular complexity index is 697. The third-order valence-corrected chi connectivity index (χ3v) is 4.69. The zero-order valence-electron chi connectivity index (χ0n) is 14.3. The predicted molar refractivity (Wildman–Crippen MR) is 88.1 cm³/mol. The molecule has 1 aliphatic rings. The summed E-state index contributed by atoms with van der Waals surface area (Å²) in [6, 6.07) is 10.2. The SMILES string of the molecule is Cc1nnc(CC(=O)N[C@@H]2C[C@@H](OCc3ccccc3)C2(C)C)o1. The van der Waals surface area contributed by atoms with Crippen LogP contribution in [-0.2, 0) is 22.6 Å². The second-order valence-electron chi connectivity index (χ2n) is 6.85. The van der Waals surface area contributed by atoms with Gasteiger partial charge in [-0.2, -0.15) is 0 Å². The molecule has 0 bridgehead atoms. The molecule has 0 saturated heterocycles. The maximum atomic E-state index is 12.1. The van der Waals surface area contributed by atoms with Crippen molar-refractivity contribution >= 4 is 5.91 Å². The Morgan fingerprint density at radius 1 is 1.33 bits per heavy atom. The molecule has 24 heavy (non-hydrogen) atoms. The highest BCUT2D eigenvalue weighted by atomic mass is 16.5. The molecule has 1 fully saturated rings. The molecular weight excluding hydrogens is 306 g/mol. The summed E-state index contributed by atoms with van der Waals surface area (Å²) in [5.41, 5.74) is 1.06. The third-order valence-electron chi connectivity index (χ3n) is 4.69. The quantitative estimate of drug-likeness (QED) is 0.880. The summed E-state index contributed by atoms with van der Waals surface area (Å²) in [6.07, 6.45) is 1.06. The molecule has 1 amide bonds. The van der Waals surface area contributed by atoms with Crippen LogP contribution in [0.5, 0.6) is 0 Å². The van der Waals surface area contributed by atoms with Crippen LogP contribution in [0, 0.1) is 12.3 Å². The lowest BCUT2D eigenvalue weighted by molar-refractivity contribution is -0.140. The first kappa shape index (κ1) is 16.6. The van der Waals surface area contributed by atoms with Crippen molar-refractivity contribution in [1.29, 1.82) is 0 Å². The van der Waals surface area contributed by atoms with Crippen molar-refractivity contribution in [2.24, 2.45) is 5.41 Å². The van der Waals surface area contributed by atoms with Gasteiger partial charge in [-0.05, 0) is 12.0 Å². The van der Waals surface area contributed by atoms with Crippen LogP contribution in [0.15, 0.2) is 34.7 Å². The maximum Gasteiger partial charge on any atom is 0.229 e. The van der Waals surface area contributed by atoms with Crippen molar-refractivity contribution < 1.29 is 13.9 Å². The van der Waals surface area contributed by atoms with E-state index in [0.29, 0.717) is 18.4 Å². The van der Waals surface area contributed by atoms with Gasteiger partial charge in [-0.1, -0.05) is 44.2 Å². The van der Waals surface area contributed by atoms with E-state index in [0.717, 1.165) is 12.0 Å². The van der Waals surface area contributed by atoms with Crippen molar-refractivity contribution in [2.45, 2.75) is 52.4 Å². The minimum absolute atomic E-state index is 0.0924. The van der Waals surface area contributed by atoms with E-state index in [9.17, 15) is 4.79 Å². The van der Waals surface area contributed by atoms with Crippen molar-refractivity contribution in [3.63, 3.8) is 0 Å². The molecule has 0 spiro atoms. The Hall–Kier alpha value is -2.21. The van der Waals surface area contributed by atoms with E-state index in [1.54, 1.807) is 6.92 Å². The van der Waals surface area contributed by atoms with Crippen molar-refractivity contribution in [3.05, 3.63) is 47.7 Å². The molecular formula is C18H23N3O3. The second-order valence-corrected chi connectivity index (χ2v) is 6.85. The average molecular weight is 329 g/mol. The van der Waals surface area contributed by atoms with Crippen LogP contribution < -0.4 is 5.32 Å². The minimum atomic E-state index is -0.102. The number of carbonyl (C=O) groups excluding carboxylic acids is 1. The largest absolute Gasteiger partial charge is 0.425 e. The molecule has 6 nitrogen and oxygen atoms in total. The number of aromatic nitrogens is 2. The Balaban J connectivity index is 1.47. The number of nitrogens with zero attached hydrogens (tertiary/aromatic N) is 2. The molecule has 6 heteroatoms. The molecule has 0 unspecified atom stereocenters. The van der Waals surface area contributed by atoms with Gasteiger partial charge in [0.1, 0.15) is 6.42 Å². The van der Waals surface area contributed by atoms with Crippen molar-refractivity contribution in [1.82, 2.24) is 15.5 Å². The molecule has 0 radical (unpaired) electrons. The van der Waals surface area contributed by atoms with Gasteiger partial charge >= 0.3 is 0 Å². The van der Waals surface area contributed by atoms with Gasteiger partial charge in [0.25, 0.3) is 0 Å². The number of amides is 1. The van der Waals surface area contributed by atoms with E-state index in [1.807, 2.05) is 18.2 Å². The van der Waals surface area contributed by atoms with E-state index in [4.69, 9.17) is 9.15 Å². The number of benzene rings is 1. The third kappa shape index (κ3) is 3.64. The van der Waals surface area contributed by atoms with Gasteiger partial charge in [0.15, 0.2) is 0 Å². The zero-order chi connectivity index (χ0) is 17.2. The molecule has 1 aromatic carbocycles. The summed E-state index contributed by atoms with van der Waals surface area (Å²) < 4.78 is 11.3. The topological polar surface area (TPSA) is 77.2 Å². The van der Waals surface area contributed by atoms with Gasteiger partial charge in [0.2, 0.25) is 17.7 Å². The smallest absolute Gasteiger partial charge is 0.229 e. The molecule has 2 aromatic rings. The number of nitrogens with one attached hydrogen (secondary N) is 1. The Morgan fingerprint density at radius 3 is 2.71 bits per heavy atom. The fourth-order valence-corrected chi connectivity index (χ4v) is 2.98. The lowest BCUT2D eigenvalue weighted by Crippen LogP contribution is -2.62. The van der Waals surface area contributed by atoms with Gasteiger partial charge in [0, 0.05) is 18.4 Å². The van der Waals surface area contributed by atoms with Crippen LogP contribution in [0.25, 0.3) is 0 Å². The highest BCUT2D eigenvalue weighted by molar-refractivity contribution is 5.78. The van der Waals surface area contributed by atoms with Crippen LogP contribution >= 0.6 is 0 Å². The average Bonchev–Trinajstić information content (AvgIpc) is 2.96. The van der Waals surface area contributed by atoms with Gasteiger partial charge in [-0.15, -0.1) is 10.2 Å². The number of hydrogen-bond acceptors (Lipinski definition) is 5. The Labute approximate surface area is 141 Å². The molecule has 1 aromatic heterocycles. The van der Waals surface area contributed by atoms with Gasteiger partial charge in [-0.25, -0.2) is 0 Å². The summed E-state index contributed by atoms with van der Waals surface area (Å²) in [5.74, 6) is 0.716. The number of carbonyl (C=O) groups is 1. The van der Waals surface area contributed by atoms with E-state index in [2.05, 4.69) is 41.5 Å². The zero-order valence-corrected chi connectivity index (χ0v) is 14.3. The van der Waals surface area contributed by atoms with Gasteiger partial charge in [-0.3, -0.25) is 4.79 Å². The molecule has 1 saturated carbocycles. The monoisotopic (exact) mass is 329 g/mol. The summed E-state index contributed by atoms with van der Waals surface area (Å²) >= 11 is 0. The number of rotatable bonds is 6. The standard InChI is InChI=1S/C18H23N3O3/c1-12-20-21-17(24-12)10-16(22)19-14-9-15(18(14,2)3)23-11-13-7-5-4-6-8-13/h4-8,14-15H,9-11H2,1-3H3,(H,19,22)/t14-,15-/m1/s1. The summed E-state index contributed by atoms with van der Waals surface area (Å²) in [4.78, 5) is 12.1. The van der Waals surface area contributed by atoms with Gasteiger partial charge < -0.3 is 14.5 Å². The molecule has 1 N–H and O–H groups in total. The second kappa shape index (κ2) is 6.73. The maximum absolute atomic E-state index is 12.1.